The van der Waals surface area contributed by atoms with Crippen molar-refractivity contribution in [2.45, 2.75) is 39.7 Å². The average Bonchev–Trinajstić information content (AvgIpc) is 3.15. The molecule has 1 aromatic carbocycles. The number of ether oxygens (including phenoxy) is 1. The fourth-order valence-corrected chi connectivity index (χ4v) is 4.50. The van der Waals surface area contributed by atoms with Gasteiger partial charge in [0.1, 0.15) is 5.75 Å². The molecule has 154 valence electrons. The molecular weight excluding hydrogens is 354 g/mol. The molecule has 1 atom stereocenters. The molecule has 0 radical (unpaired) electrons. The van der Waals surface area contributed by atoms with E-state index in [0.717, 1.165) is 50.2 Å². The standard InChI is InChI=1S/C22H33N3O3/c1-4-23(5-2)16-20(26)25-13-11-22(17-25)10-7-12-24(21(22)27)15-18-8-6-9-19(14-18)28-3/h6,8-9,14H,4-5,7,10-13,15-17H2,1-3H3. The Balaban J connectivity index is 1.65. The Morgan fingerprint density at radius 1 is 1.21 bits per heavy atom. The van der Waals surface area contributed by atoms with E-state index < -0.39 is 5.41 Å². The Hall–Kier alpha value is -2.08. The minimum absolute atomic E-state index is 0.151. The van der Waals surface area contributed by atoms with Gasteiger partial charge in [0.15, 0.2) is 0 Å². The van der Waals surface area contributed by atoms with Gasteiger partial charge in [0.25, 0.3) is 0 Å². The van der Waals surface area contributed by atoms with Gasteiger partial charge in [-0.05, 0) is 50.0 Å². The second-order valence-electron chi connectivity index (χ2n) is 7.99. The molecule has 2 fully saturated rings. The van der Waals surface area contributed by atoms with E-state index in [4.69, 9.17) is 4.74 Å². The first-order valence-corrected chi connectivity index (χ1v) is 10.4. The molecular formula is C22H33N3O3. The number of benzene rings is 1. The summed E-state index contributed by atoms with van der Waals surface area (Å²) < 4.78 is 5.30. The molecule has 0 aliphatic carbocycles. The quantitative estimate of drug-likeness (QED) is 0.721. The molecule has 1 spiro atoms. The van der Waals surface area contributed by atoms with Gasteiger partial charge < -0.3 is 14.5 Å². The molecule has 0 N–H and O–H groups in total. The molecule has 0 bridgehead atoms. The van der Waals surface area contributed by atoms with Gasteiger partial charge in [-0.2, -0.15) is 0 Å². The number of amides is 2. The SMILES string of the molecule is CCN(CC)CC(=O)N1CCC2(CCCN(Cc3cccc(OC)c3)C2=O)C1. The lowest BCUT2D eigenvalue weighted by Gasteiger charge is -2.39. The van der Waals surface area contributed by atoms with E-state index in [1.807, 2.05) is 34.1 Å². The van der Waals surface area contributed by atoms with Crippen LogP contribution in [0.25, 0.3) is 0 Å². The molecule has 6 heteroatoms. The number of carbonyl (C=O) groups excluding carboxylic acids is 2. The van der Waals surface area contributed by atoms with Gasteiger partial charge in [0.2, 0.25) is 11.8 Å². The molecule has 2 saturated heterocycles. The summed E-state index contributed by atoms with van der Waals surface area (Å²) in [6.07, 6.45) is 2.66. The zero-order chi connectivity index (χ0) is 20.1. The van der Waals surface area contributed by atoms with Crippen LogP contribution in [0.15, 0.2) is 24.3 Å². The van der Waals surface area contributed by atoms with E-state index in [9.17, 15) is 9.59 Å². The monoisotopic (exact) mass is 387 g/mol. The summed E-state index contributed by atoms with van der Waals surface area (Å²) in [4.78, 5) is 32.1. The van der Waals surface area contributed by atoms with Crippen LogP contribution in [-0.4, -0.2) is 72.9 Å². The van der Waals surface area contributed by atoms with Crippen LogP contribution >= 0.6 is 0 Å². The average molecular weight is 388 g/mol. The maximum absolute atomic E-state index is 13.4. The molecule has 0 aromatic heterocycles. The van der Waals surface area contributed by atoms with Crippen molar-refractivity contribution in [1.82, 2.24) is 14.7 Å². The maximum atomic E-state index is 13.4. The smallest absolute Gasteiger partial charge is 0.236 e. The van der Waals surface area contributed by atoms with Crippen molar-refractivity contribution in [2.75, 3.05) is 46.4 Å². The number of piperidine rings is 1. The third-order valence-electron chi connectivity index (χ3n) is 6.29. The lowest BCUT2D eigenvalue weighted by Crippen LogP contribution is -2.50. The predicted octanol–water partition coefficient (Wildman–Crippen LogP) is 2.38. The largest absolute Gasteiger partial charge is 0.497 e. The van der Waals surface area contributed by atoms with Crippen molar-refractivity contribution in [3.8, 4) is 5.75 Å². The molecule has 2 aliphatic heterocycles. The first-order chi connectivity index (χ1) is 13.5. The van der Waals surface area contributed by atoms with Gasteiger partial charge in [-0.15, -0.1) is 0 Å². The van der Waals surface area contributed by atoms with Crippen LogP contribution in [0.4, 0.5) is 0 Å². The van der Waals surface area contributed by atoms with Crippen LogP contribution in [0.2, 0.25) is 0 Å². The first kappa shape index (κ1) is 20.6. The summed E-state index contributed by atoms with van der Waals surface area (Å²) in [7, 11) is 1.66. The minimum Gasteiger partial charge on any atom is -0.497 e. The Morgan fingerprint density at radius 3 is 2.71 bits per heavy atom. The van der Waals surface area contributed by atoms with E-state index in [2.05, 4.69) is 18.7 Å². The van der Waals surface area contributed by atoms with Crippen molar-refractivity contribution in [3.63, 3.8) is 0 Å². The maximum Gasteiger partial charge on any atom is 0.236 e. The van der Waals surface area contributed by atoms with E-state index >= 15 is 0 Å². The Labute approximate surface area is 168 Å². The van der Waals surface area contributed by atoms with E-state index in [1.54, 1.807) is 7.11 Å². The van der Waals surface area contributed by atoms with Crippen LogP contribution in [0.3, 0.4) is 0 Å². The first-order valence-electron chi connectivity index (χ1n) is 10.4. The summed E-state index contributed by atoms with van der Waals surface area (Å²) in [6, 6.07) is 7.90. The lowest BCUT2D eigenvalue weighted by atomic mass is 9.78. The van der Waals surface area contributed by atoms with Gasteiger partial charge in [0, 0.05) is 26.2 Å². The molecule has 2 amide bonds. The molecule has 6 nitrogen and oxygen atoms in total. The summed E-state index contributed by atoms with van der Waals surface area (Å²) in [6.45, 7) is 8.98. The second kappa shape index (κ2) is 8.95. The third-order valence-corrected chi connectivity index (χ3v) is 6.29. The zero-order valence-electron chi connectivity index (χ0n) is 17.4. The summed E-state index contributed by atoms with van der Waals surface area (Å²) in [5.41, 5.74) is 0.688. The fourth-order valence-electron chi connectivity index (χ4n) is 4.50. The van der Waals surface area contributed by atoms with Gasteiger partial charge in [-0.25, -0.2) is 0 Å². The van der Waals surface area contributed by atoms with Crippen LogP contribution in [0.1, 0.15) is 38.7 Å². The molecule has 1 aromatic rings. The van der Waals surface area contributed by atoms with Crippen molar-refractivity contribution in [2.24, 2.45) is 5.41 Å². The highest BCUT2D eigenvalue weighted by Crippen LogP contribution is 2.40. The minimum atomic E-state index is -0.393. The number of rotatable bonds is 7. The number of hydrogen-bond donors (Lipinski definition) is 0. The summed E-state index contributed by atoms with van der Waals surface area (Å²) in [5, 5.41) is 0. The van der Waals surface area contributed by atoms with Crippen molar-refractivity contribution >= 4 is 11.8 Å². The van der Waals surface area contributed by atoms with Gasteiger partial charge in [0.05, 0.1) is 19.1 Å². The van der Waals surface area contributed by atoms with Crippen LogP contribution < -0.4 is 4.74 Å². The van der Waals surface area contributed by atoms with Gasteiger partial charge >= 0.3 is 0 Å². The van der Waals surface area contributed by atoms with E-state index in [1.165, 1.54) is 0 Å². The number of likely N-dealkylation sites (tertiary alicyclic amines) is 2. The molecule has 0 saturated carbocycles. The molecule has 2 heterocycles. The molecule has 2 aliphatic rings. The van der Waals surface area contributed by atoms with Crippen LogP contribution in [0, 0.1) is 5.41 Å². The van der Waals surface area contributed by atoms with Crippen molar-refractivity contribution in [1.29, 1.82) is 0 Å². The Morgan fingerprint density at radius 2 is 2.00 bits per heavy atom. The zero-order valence-corrected chi connectivity index (χ0v) is 17.4. The number of nitrogens with zero attached hydrogens (tertiary/aromatic N) is 3. The Kier molecular flexibility index (Phi) is 6.60. The number of likely N-dealkylation sites (N-methyl/N-ethyl adjacent to an activating group) is 1. The van der Waals surface area contributed by atoms with Gasteiger partial charge in [-0.1, -0.05) is 26.0 Å². The third kappa shape index (κ3) is 4.32. The topological polar surface area (TPSA) is 53.1 Å². The van der Waals surface area contributed by atoms with Crippen LogP contribution in [-0.2, 0) is 16.1 Å². The number of hydrogen-bond acceptors (Lipinski definition) is 4. The van der Waals surface area contributed by atoms with Crippen molar-refractivity contribution in [3.05, 3.63) is 29.8 Å². The predicted molar refractivity (Wildman–Crippen MR) is 109 cm³/mol. The highest BCUT2D eigenvalue weighted by molar-refractivity contribution is 5.86. The fraction of sp³-hybridized carbons (Fsp3) is 0.636. The summed E-state index contributed by atoms with van der Waals surface area (Å²) >= 11 is 0. The van der Waals surface area contributed by atoms with Crippen molar-refractivity contribution < 1.29 is 14.3 Å². The van der Waals surface area contributed by atoms with E-state index in [-0.39, 0.29) is 11.8 Å². The van der Waals surface area contributed by atoms with Gasteiger partial charge in [-0.3, -0.25) is 14.5 Å². The second-order valence-corrected chi connectivity index (χ2v) is 7.99. The van der Waals surface area contributed by atoms with Crippen LogP contribution in [0.5, 0.6) is 5.75 Å². The number of methoxy groups -OCH3 is 1. The normalized spacial score (nSPS) is 22.4. The number of carbonyl (C=O) groups is 2. The Bertz CT molecular complexity index is 704. The molecule has 1 unspecified atom stereocenters. The van der Waals surface area contributed by atoms with E-state index in [0.29, 0.717) is 26.2 Å². The highest BCUT2D eigenvalue weighted by Gasteiger charge is 2.49. The lowest BCUT2D eigenvalue weighted by molar-refractivity contribution is -0.147. The highest BCUT2D eigenvalue weighted by atomic mass is 16.5. The molecule has 28 heavy (non-hydrogen) atoms. The molecule has 3 rings (SSSR count). The summed E-state index contributed by atoms with van der Waals surface area (Å²) in [5.74, 6) is 1.17.